The fraction of sp³-hybridized carbons (Fsp3) is 0.308. The normalized spacial score (nSPS) is 11.8. The number of hydrogen-bond acceptors (Lipinski definition) is 2. The second kappa shape index (κ2) is 4.39. The van der Waals surface area contributed by atoms with Crippen molar-refractivity contribution in [3.05, 3.63) is 34.8 Å². The van der Waals surface area contributed by atoms with Crippen LogP contribution in [-0.2, 0) is 5.54 Å². The summed E-state index contributed by atoms with van der Waals surface area (Å²) in [7, 11) is 0. The molecule has 0 saturated heterocycles. The highest BCUT2D eigenvalue weighted by molar-refractivity contribution is 9.10. The van der Waals surface area contributed by atoms with Crippen LogP contribution in [-0.4, -0.2) is 9.55 Å². The van der Waals surface area contributed by atoms with E-state index in [1.54, 1.807) is 12.4 Å². The number of imidazole rings is 1. The highest BCUT2D eigenvalue weighted by Gasteiger charge is 2.20. The maximum Gasteiger partial charge on any atom is 0.132 e. The molecule has 0 bridgehead atoms. The van der Waals surface area contributed by atoms with Gasteiger partial charge in [0.1, 0.15) is 17.3 Å². The molecule has 2 rings (SSSR count). The minimum Gasteiger partial charge on any atom is -0.383 e. The Balaban J connectivity index is 2.59. The molecule has 1 heterocycles. The first-order valence-corrected chi connectivity index (χ1v) is 6.38. The molecule has 0 spiro atoms. The van der Waals surface area contributed by atoms with Gasteiger partial charge < -0.3 is 10.3 Å². The van der Waals surface area contributed by atoms with Crippen molar-refractivity contribution in [1.82, 2.24) is 9.55 Å². The molecule has 2 N–H and O–H groups in total. The first-order valence-electron chi connectivity index (χ1n) is 5.59. The minimum atomic E-state index is -0.307. The molecule has 3 nitrogen and oxygen atoms in total. The number of nitrogens with two attached hydrogens (primary N) is 1. The molecule has 0 unspecified atom stereocenters. The Morgan fingerprint density at radius 1 is 1.33 bits per heavy atom. The summed E-state index contributed by atoms with van der Waals surface area (Å²) in [6.45, 7) is 6.11. The standard InChI is InChI=1S/C13H15BrFN3/c1-13(2,3)18-7-17-11(12(18)16)9-6-8(15)4-5-10(9)14/h4-7H,16H2,1-3H3. The molecule has 0 aliphatic carbocycles. The lowest BCUT2D eigenvalue weighted by Gasteiger charge is -2.22. The van der Waals surface area contributed by atoms with Gasteiger partial charge in [0.15, 0.2) is 0 Å². The van der Waals surface area contributed by atoms with Crippen LogP contribution in [0.3, 0.4) is 0 Å². The van der Waals surface area contributed by atoms with Crippen molar-refractivity contribution >= 4 is 21.7 Å². The van der Waals surface area contributed by atoms with Gasteiger partial charge >= 0.3 is 0 Å². The van der Waals surface area contributed by atoms with Gasteiger partial charge in [0, 0.05) is 15.6 Å². The van der Waals surface area contributed by atoms with Crippen molar-refractivity contribution in [3.8, 4) is 11.3 Å². The molecule has 0 saturated carbocycles. The van der Waals surface area contributed by atoms with E-state index < -0.39 is 0 Å². The molecule has 2 aromatic rings. The number of nitrogens with zero attached hydrogens (tertiary/aromatic N) is 2. The summed E-state index contributed by atoms with van der Waals surface area (Å²) in [4.78, 5) is 4.30. The zero-order valence-electron chi connectivity index (χ0n) is 10.5. The minimum absolute atomic E-state index is 0.158. The van der Waals surface area contributed by atoms with Crippen LogP contribution in [0.1, 0.15) is 20.8 Å². The second-order valence-electron chi connectivity index (χ2n) is 5.14. The number of halogens is 2. The van der Waals surface area contributed by atoms with Gasteiger partial charge in [-0.15, -0.1) is 0 Å². The lowest BCUT2D eigenvalue weighted by Crippen LogP contribution is -2.22. The summed E-state index contributed by atoms with van der Waals surface area (Å²) < 4.78 is 16.0. The van der Waals surface area contributed by atoms with Gasteiger partial charge in [-0.1, -0.05) is 15.9 Å². The van der Waals surface area contributed by atoms with E-state index in [4.69, 9.17) is 5.73 Å². The maximum absolute atomic E-state index is 13.3. The molecule has 1 aromatic carbocycles. The smallest absolute Gasteiger partial charge is 0.132 e. The van der Waals surface area contributed by atoms with E-state index in [9.17, 15) is 4.39 Å². The van der Waals surface area contributed by atoms with Crippen molar-refractivity contribution in [1.29, 1.82) is 0 Å². The van der Waals surface area contributed by atoms with E-state index in [1.165, 1.54) is 12.1 Å². The molecule has 1 aromatic heterocycles. The molecular formula is C13H15BrFN3. The van der Waals surface area contributed by atoms with E-state index >= 15 is 0 Å². The van der Waals surface area contributed by atoms with Crippen molar-refractivity contribution in [3.63, 3.8) is 0 Å². The van der Waals surface area contributed by atoms with Crippen LogP contribution >= 0.6 is 15.9 Å². The quantitative estimate of drug-likeness (QED) is 0.870. The van der Waals surface area contributed by atoms with Crippen molar-refractivity contribution < 1.29 is 4.39 Å². The third-order valence-electron chi connectivity index (χ3n) is 2.71. The van der Waals surface area contributed by atoms with E-state index in [1.807, 2.05) is 25.3 Å². The Morgan fingerprint density at radius 3 is 2.56 bits per heavy atom. The van der Waals surface area contributed by atoms with E-state index in [0.717, 1.165) is 4.47 Å². The molecule has 0 aliphatic heterocycles. The van der Waals surface area contributed by atoms with Gasteiger partial charge in [-0.25, -0.2) is 9.37 Å². The molecule has 0 radical (unpaired) electrons. The number of nitrogen functional groups attached to an aromatic ring is 1. The topological polar surface area (TPSA) is 43.8 Å². The summed E-state index contributed by atoms with van der Waals surface area (Å²) in [6, 6.07) is 4.47. The molecule has 5 heteroatoms. The van der Waals surface area contributed by atoms with E-state index in [-0.39, 0.29) is 11.4 Å². The number of rotatable bonds is 1. The summed E-state index contributed by atoms with van der Waals surface area (Å²) in [5.41, 5.74) is 7.20. The average molecular weight is 312 g/mol. The Hall–Kier alpha value is -1.36. The maximum atomic E-state index is 13.3. The van der Waals surface area contributed by atoms with Crippen LogP contribution in [0.5, 0.6) is 0 Å². The predicted octanol–water partition coefficient (Wildman–Crippen LogP) is 3.79. The Bertz CT molecular complexity index is 584. The SMILES string of the molecule is CC(C)(C)n1cnc(-c2cc(F)ccc2Br)c1N. The summed E-state index contributed by atoms with van der Waals surface area (Å²) in [5.74, 6) is 0.228. The number of hydrogen-bond donors (Lipinski definition) is 1. The van der Waals surface area contributed by atoms with Crippen LogP contribution in [0.4, 0.5) is 10.2 Å². The predicted molar refractivity (Wildman–Crippen MR) is 74.7 cm³/mol. The molecule has 18 heavy (non-hydrogen) atoms. The lowest BCUT2D eigenvalue weighted by molar-refractivity contribution is 0.402. The van der Waals surface area contributed by atoms with Crippen LogP contribution < -0.4 is 5.73 Å². The summed E-state index contributed by atoms with van der Waals surface area (Å²) in [5, 5.41) is 0. The Kier molecular flexibility index (Phi) is 3.19. The van der Waals surface area contributed by atoms with Gasteiger partial charge in [-0.3, -0.25) is 0 Å². The molecular weight excluding hydrogens is 297 g/mol. The van der Waals surface area contributed by atoms with Crippen molar-refractivity contribution in [2.45, 2.75) is 26.3 Å². The molecule has 0 atom stereocenters. The Labute approximate surface area is 114 Å². The second-order valence-corrected chi connectivity index (χ2v) is 6.00. The van der Waals surface area contributed by atoms with Crippen LogP contribution in [0.2, 0.25) is 0 Å². The average Bonchev–Trinajstić information content (AvgIpc) is 2.63. The number of anilines is 1. The van der Waals surface area contributed by atoms with Crippen molar-refractivity contribution in [2.24, 2.45) is 0 Å². The van der Waals surface area contributed by atoms with Gasteiger partial charge in [0.25, 0.3) is 0 Å². The zero-order valence-corrected chi connectivity index (χ0v) is 12.1. The zero-order chi connectivity index (χ0) is 13.5. The molecule has 96 valence electrons. The third kappa shape index (κ3) is 2.27. The Morgan fingerprint density at radius 2 is 2.00 bits per heavy atom. The van der Waals surface area contributed by atoms with Crippen LogP contribution in [0.25, 0.3) is 11.3 Å². The van der Waals surface area contributed by atoms with E-state index in [0.29, 0.717) is 17.1 Å². The van der Waals surface area contributed by atoms with Crippen molar-refractivity contribution in [2.75, 3.05) is 5.73 Å². The monoisotopic (exact) mass is 311 g/mol. The summed E-state index contributed by atoms with van der Waals surface area (Å²) >= 11 is 3.39. The van der Waals surface area contributed by atoms with E-state index in [2.05, 4.69) is 20.9 Å². The molecule has 0 aliphatic rings. The highest BCUT2D eigenvalue weighted by Crippen LogP contribution is 2.33. The fourth-order valence-electron chi connectivity index (χ4n) is 1.78. The first kappa shape index (κ1) is 13.1. The van der Waals surface area contributed by atoms with Gasteiger partial charge in [-0.2, -0.15) is 0 Å². The number of aromatic nitrogens is 2. The van der Waals surface area contributed by atoms with Crippen LogP contribution in [0, 0.1) is 5.82 Å². The van der Waals surface area contributed by atoms with Crippen LogP contribution in [0.15, 0.2) is 29.0 Å². The fourth-order valence-corrected chi connectivity index (χ4v) is 2.21. The van der Waals surface area contributed by atoms with Gasteiger partial charge in [0.05, 0.1) is 6.33 Å². The third-order valence-corrected chi connectivity index (χ3v) is 3.40. The molecule has 0 fully saturated rings. The molecule has 0 amide bonds. The number of benzene rings is 1. The van der Waals surface area contributed by atoms with Gasteiger partial charge in [-0.05, 0) is 39.0 Å². The lowest BCUT2D eigenvalue weighted by atomic mass is 10.1. The highest BCUT2D eigenvalue weighted by atomic mass is 79.9. The first-order chi connectivity index (χ1) is 8.30. The van der Waals surface area contributed by atoms with Gasteiger partial charge in [0.2, 0.25) is 0 Å². The largest absolute Gasteiger partial charge is 0.383 e. The summed E-state index contributed by atoms with van der Waals surface area (Å²) in [6.07, 6.45) is 1.68.